The zero-order valence-corrected chi connectivity index (χ0v) is 18.0. The van der Waals surface area contributed by atoms with Crippen LogP contribution in [0.1, 0.15) is 49.9 Å². The van der Waals surface area contributed by atoms with Crippen LogP contribution in [0.25, 0.3) is 32.8 Å². The van der Waals surface area contributed by atoms with E-state index in [0.717, 1.165) is 84.0 Å². The third kappa shape index (κ3) is 3.48. The highest BCUT2D eigenvalue weighted by atomic mass is 19.1. The van der Waals surface area contributed by atoms with Crippen molar-refractivity contribution in [3.63, 3.8) is 0 Å². The van der Waals surface area contributed by atoms with Crippen LogP contribution >= 0.6 is 0 Å². The average Bonchev–Trinajstić information content (AvgIpc) is 3.26. The molecule has 2 fully saturated rings. The van der Waals surface area contributed by atoms with E-state index in [9.17, 15) is 4.39 Å². The maximum atomic E-state index is 13.7. The van der Waals surface area contributed by atoms with Gasteiger partial charge in [0, 0.05) is 48.8 Å². The van der Waals surface area contributed by atoms with Gasteiger partial charge in [0.25, 0.3) is 6.23 Å². The lowest BCUT2D eigenvalue weighted by Crippen LogP contribution is -2.44. The van der Waals surface area contributed by atoms with Gasteiger partial charge in [0.2, 0.25) is 5.52 Å². The van der Waals surface area contributed by atoms with Crippen molar-refractivity contribution in [1.29, 1.82) is 0 Å². The number of hydrogen-bond acceptors (Lipinski definition) is 3. The Balaban J connectivity index is 1.55. The van der Waals surface area contributed by atoms with E-state index < -0.39 is 0 Å². The number of halogens is 1. The second kappa shape index (κ2) is 8.26. The van der Waals surface area contributed by atoms with E-state index in [0.29, 0.717) is 5.92 Å². The summed E-state index contributed by atoms with van der Waals surface area (Å²) >= 11 is 0. The highest BCUT2D eigenvalue weighted by Gasteiger charge is 2.28. The molecule has 6 heteroatoms. The van der Waals surface area contributed by atoms with E-state index in [2.05, 4.69) is 28.1 Å². The van der Waals surface area contributed by atoms with E-state index in [1.54, 1.807) is 0 Å². The number of rotatable bonds is 3. The highest BCUT2D eigenvalue weighted by molar-refractivity contribution is 6.03. The standard InChI is InChI=1S/C26H26FN3O2/c27-21-6-4-17(5-7-21)25-22-13-20-16-29-30(24-3-1-2-10-32-24)23(20)14-19(22)15-28-26(25)18-8-11-31-12-9-18/h4-7,13-16,18,24H,1-3,8-12H2/p+1. The van der Waals surface area contributed by atoms with E-state index in [1.807, 2.05) is 18.3 Å². The smallest absolute Gasteiger partial charge is 0.286 e. The molecule has 0 radical (unpaired) electrons. The molecule has 2 aliphatic rings. The molecule has 2 aromatic heterocycles. The Morgan fingerprint density at radius 2 is 1.81 bits per heavy atom. The average molecular weight is 433 g/mol. The minimum absolute atomic E-state index is 0.0461. The van der Waals surface area contributed by atoms with Crippen molar-refractivity contribution in [2.45, 2.75) is 44.2 Å². The normalized spacial score (nSPS) is 20.2. The summed E-state index contributed by atoms with van der Waals surface area (Å²) in [5, 5.41) is 6.78. The van der Waals surface area contributed by atoms with Crippen molar-refractivity contribution in [2.24, 2.45) is 0 Å². The molecule has 5 nitrogen and oxygen atoms in total. The Morgan fingerprint density at radius 1 is 0.969 bits per heavy atom. The molecule has 2 aromatic carbocycles. The summed E-state index contributed by atoms with van der Waals surface area (Å²) in [6, 6.07) is 11.2. The number of fused-ring (bicyclic) bond motifs is 2. The molecule has 0 spiro atoms. The van der Waals surface area contributed by atoms with Crippen LogP contribution in [0.2, 0.25) is 0 Å². The molecule has 164 valence electrons. The summed E-state index contributed by atoms with van der Waals surface area (Å²) in [7, 11) is 0. The van der Waals surface area contributed by atoms with Crippen LogP contribution in [0, 0.1) is 5.82 Å². The molecule has 0 amide bonds. The molecule has 1 unspecified atom stereocenters. The van der Waals surface area contributed by atoms with E-state index in [1.165, 1.54) is 18.6 Å². The summed E-state index contributed by atoms with van der Waals surface area (Å²) in [4.78, 5) is 4.96. The summed E-state index contributed by atoms with van der Waals surface area (Å²) in [6.07, 6.45) is 9.32. The van der Waals surface area contributed by atoms with E-state index >= 15 is 0 Å². The van der Waals surface area contributed by atoms with Gasteiger partial charge in [0.1, 0.15) is 5.82 Å². The molecule has 1 atom stereocenters. The minimum atomic E-state index is -0.226. The number of aromatic amines is 1. The van der Waals surface area contributed by atoms with Gasteiger partial charge < -0.3 is 9.47 Å². The quantitative estimate of drug-likeness (QED) is 0.441. The first kappa shape index (κ1) is 19.8. The summed E-state index contributed by atoms with van der Waals surface area (Å²) in [6.45, 7) is 2.31. The number of ether oxygens (including phenoxy) is 2. The summed E-state index contributed by atoms with van der Waals surface area (Å²) < 4.78 is 27.5. The molecule has 1 N–H and O–H groups in total. The van der Waals surface area contributed by atoms with Crippen molar-refractivity contribution >= 4 is 21.7 Å². The molecular weight excluding hydrogens is 405 g/mol. The second-order valence-corrected chi connectivity index (χ2v) is 8.87. The molecule has 6 rings (SSSR count). The predicted molar refractivity (Wildman–Crippen MR) is 121 cm³/mol. The lowest BCUT2D eigenvalue weighted by molar-refractivity contribution is -0.790. The molecule has 2 saturated heterocycles. The van der Waals surface area contributed by atoms with Gasteiger partial charge in [-0.15, -0.1) is 0 Å². The van der Waals surface area contributed by atoms with Crippen LogP contribution < -0.4 is 4.68 Å². The van der Waals surface area contributed by atoms with Crippen LogP contribution in [0.5, 0.6) is 0 Å². The van der Waals surface area contributed by atoms with Crippen LogP contribution in [-0.4, -0.2) is 29.9 Å². The van der Waals surface area contributed by atoms with Crippen LogP contribution in [-0.2, 0) is 9.47 Å². The zero-order valence-electron chi connectivity index (χ0n) is 18.0. The van der Waals surface area contributed by atoms with Crippen molar-refractivity contribution in [3.05, 3.63) is 60.3 Å². The van der Waals surface area contributed by atoms with Gasteiger partial charge in [-0.05, 0) is 54.8 Å². The molecule has 4 aromatic rings. The molecule has 0 aliphatic carbocycles. The Bertz CT molecular complexity index is 1260. The summed E-state index contributed by atoms with van der Waals surface area (Å²) in [5.41, 5.74) is 4.32. The minimum Gasteiger partial charge on any atom is -0.381 e. The largest absolute Gasteiger partial charge is 0.381 e. The Morgan fingerprint density at radius 3 is 2.59 bits per heavy atom. The van der Waals surface area contributed by atoms with E-state index in [4.69, 9.17) is 14.5 Å². The maximum Gasteiger partial charge on any atom is 0.286 e. The highest BCUT2D eigenvalue weighted by Crippen LogP contribution is 2.39. The molecule has 0 saturated carbocycles. The number of H-pyrrole nitrogens is 1. The van der Waals surface area contributed by atoms with Crippen LogP contribution in [0.3, 0.4) is 0 Å². The Labute approximate surface area is 186 Å². The molecule has 0 bridgehead atoms. The lowest BCUT2D eigenvalue weighted by atomic mass is 9.87. The van der Waals surface area contributed by atoms with Gasteiger partial charge in [-0.1, -0.05) is 16.8 Å². The topological polar surface area (TPSA) is 51.0 Å². The molecule has 32 heavy (non-hydrogen) atoms. The van der Waals surface area contributed by atoms with Crippen LogP contribution in [0.15, 0.2) is 48.8 Å². The second-order valence-electron chi connectivity index (χ2n) is 8.87. The third-order valence-electron chi connectivity index (χ3n) is 6.87. The van der Waals surface area contributed by atoms with Crippen LogP contribution in [0.4, 0.5) is 4.39 Å². The SMILES string of the molecule is Fc1ccc(-c2c(C3CCOCC3)ncc3cc4c(c[nH][n+]4C4CCCCO4)cc23)cc1. The van der Waals surface area contributed by atoms with Gasteiger partial charge in [-0.25, -0.2) is 4.39 Å². The van der Waals surface area contributed by atoms with Gasteiger partial charge in [0.15, 0.2) is 0 Å². The molecule has 4 heterocycles. The molecular formula is C26H27FN3O2+. The Hall–Kier alpha value is -2.83. The van der Waals surface area contributed by atoms with Crippen molar-refractivity contribution in [3.8, 4) is 11.1 Å². The maximum absolute atomic E-state index is 13.7. The number of hydrogen-bond donors (Lipinski definition) is 1. The fourth-order valence-corrected chi connectivity index (χ4v) is 5.19. The number of aromatic nitrogens is 3. The van der Waals surface area contributed by atoms with Crippen molar-refractivity contribution in [1.82, 2.24) is 10.1 Å². The van der Waals surface area contributed by atoms with Gasteiger partial charge in [0.05, 0.1) is 23.9 Å². The van der Waals surface area contributed by atoms with Gasteiger partial charge >= 0.3 is 0 Å². The van der Waals surface area contributed by atoms with Gasteiger partial charge in [-0.2, -0.15) is 5.10 Å². The zero-order chi connectivity index (χ0) is 21.5. The number of pyridine rings is 1. The fourth-order valence-electron chi connectivity index (χ4n) is 5.19. The third-order valence-corrected chi connectivity index (χ3v) is 6.87. The van der Waals surface area contributed by atoms with Crippen molar-refractivity contribution in [2.75, 3.05) is 19.8 Å². The number of benzene rings is 2. The first-order valence-corrected chi connectivity index (χ1v) is 11.6. The van der Waals surface area contributed by atoms with Crippen molar-refractivity contribution < 1.29 is 18.5 Å². The predicted octanol–water partition coefficient (Wildman–Crippen LogP) is 5.40. The van der Waals surface area contributed by atoms with Gasteiger partial charge in [-0.3, -0.25) is 4.98 Å². The first-order chi connectivity index (χ1) is 15.8. The molecule has 2 aliphatic heterocycles. The monoisotopic (exact) mass is 432 g/mol. The van der Waals surface area contributed by atoms with E-state index in [-0.39, 0.29) is 12.0 Å². The summed E-state index contributed by atoms with van der Waals surface area (Å²) in [5.74, 6) is 0.117. The number of nitrogens with zero attached hydrogens (tertiary/aromatic N) is 2. The lowest BCUT2D eigenvalue weighted by Gasteiger charge is -2.24. The Kier molecular flexibility index (Phi) is 5.12. The fraction of sp³-hybridized carbons (Fsp3) is 0.385. The first-order valence-electron chi connectivity index (χ1n) is 11.6. The number of nitrogens with one attached hydrogen (secondary N) is 1.